The fraction of sp³-hybridized carbons (Fsp3) is 0.294. The molecule has 1 saturated heterocycles. The zero-order chi connectivity index (χ0) is 17.7. The standard InChI is InChI=1S/C17H19N3O4S/c21-17(19-13-15-3-1-2-8-18-15)14-4-6-16(7-5-14)25(22,23)20-9-11-24-12-10-20/h1-8H,9-13H2,(H,19,21). The van der Waals surface area contributed by atoms with E-state index in [4.69, 9.17) is 4.74 Å². The second kappa shape index (κ2) is 7.73. The number of morpholine rings is 1. The van der Waals surface area contributed by atoms with E-state index in [-0.39, 0.29) is 10.8 Å². The van der Waals surface area contributed by atoms with Crippen LogP contribution in [0.2, 0.25) is 0 Å². The van der Waals surface area contributed by atoms with E-state index in [2.05, 4.69) is 10.3 Å². The minimum absolute atomic E-state index is 0.177. The number of carbonyl (C=O) groups is 1. The van der Waals surface area contributed by atoms with Gasteiger partial charge in [-0.3, -0.25) is 9.78 Å². The van der Waals surface area contributed by atoms with Gasteiger partial charge in [-0.15, -0.1) is 0 Å². The highest BCUT2D eigenvalue weighted by atomic mass is 32.2. The number of nitrogens with one attached hydrogen (secondary N) is 1. The normalized spacial score (nSPS) is 15.7. The Hall–Kier alpha value is -2.29. The second-order valence-electron chi connectivity index (χ2n) is 5.54. The zero-order valence-electron chi connectivity index (χ0n) is 13.6. The number of nitrogens with zero attached hydrogens (tertiary/aromatic N) is 2. The van der Waals surface area contributed by atoms with E-state index < -0.39 is 10.0 Å². The van der Waals surface area contributed by atoms with E-state index in [1.54, 1.807) is 12.3 Å². The molecule has 1 aromatic carbocycles. The molecular weight excluding hydrogens is 342 g/mol. The van der Waals surface area contributed by atoms with Gasteiger partial charge in [0, 0.05) is 24.8 Å². The lowest BCUT2D eigenvalue weighted by atomic mass is 10.2. The smallest absolute Gasteiger partial charge is 0.251 e. The number of rotatable bonds is 5. The third-order valence-corrected chi connectivity index (χ3v) is 5.79. The molecular formula is C17H19N3O4S. The number of sulfonamides is 1. The summed E-state index contributed by atoms with van der Waals surface area (Å²) in [6.07, 6.45) is 1.66. The molecule has 0 radical (unpaired) electrons. The van der Waals surface area contributed by atoms with Crippen LogP contribution in [0.25, 0.3) is 0 Å². The van der Waals surface area contributed by atoms with Crippen LogP contribution in [0, 0.1) is 0 Å². The first-order chi connectivity index (χ1) is 12.1. The van der Waals surface area contributed by atoms with Crippen molar-refractivity contribution in [3.8, 4) is 0 Å². The van der Waals surface area contributed by atoms with Gasteiger partial charge in [0.15, 0.2) is 0 Å². The molecule has 1 aliphatic rings. The van der Waals surface area contributed by atoms with Crippen LogP contribution in [0.3, 0.4) is 0 Å². The molecule has 0 bridgehead atoms. The van der Waals surface area contributed by atoms with E-state index >= 15 is 0 Å². The number of aromatic nitrogens is 1. The van der Waals surface area contributed by atoms with Crippen molar-refractivity contribution in [2.24, 2.45) is 0 Å². The lowest BCUT2D eigenvalue weighted by Crippen LogP contribution is -2.40. The average molecular weight is 361 g/mol. The molecule has 0 atom stereocenters. The molecule has 1 aromatic heterocycles. The molecule has 1 aliphatic heterocycles. The molecule has 0 saturated carbocycles. The maximum atomic E-state index is 12.5. The molecule has 0 aliphatic carbocycles. The summed E-state index contributed by atoms with van der Waals surface area (Å²) in [6, 6.07) is 11.4. The van der Waals surface area contributed by atoms with Crippen LogP contribution >= 0.6 is 0 Å². The Kier molecular flexibility index (Phi) is 5.42. The Morgan fingerprint density at radius 3 is 2.48 bits per heavy atom. The molecule has 25 heavy (non-hydrogen) atoms. The summed E-state index contributed by atoms with van der Waals surface area (Å²) >= 11 is 0. The van der Waals surface area contributed by atoms with Gasteiger partial charge in [0.25, 0.3) is 5.91 Å². The Balaban J connectivity index is 1.66. The third kappa shape index (κ3) is 4.22. The fourth-order valence-electron chi connectivity index (χ4n) is 2.49. The second-order valence-corrected chi connectivity index (χ2v) is 7.48. The summed E-state index contributed by atoms with van der Waals surface area (Å²) in [4.78, 5) is 16.5. The molecule has 0 spiro atoms. The number of hydrogen-bond acceptors (Lipinski definition) is 5. The van der Waals surface area contributed by atoms with Gasteiger partial charge >= 0.3 is 0 Å². The summed E-state index contributed by atoms with van der Waals surface area (Å²) in [5.41, 5.74) is 1.15. The van der Waals surface area contributed by atoms with Crippen molar-refractivity contribution in [3.63, 3.8) is 0 Å². The molecule has 1 fully saturated rings. The number of benzene rings is 1. The molecule has 7 nitrogen and oxygen atoms in total. The largest absolute Gasteiger partial charge is 0.379 e. The number of pyridine rings is 1. The van der Waals surface area contributed by atoms with Gasteiger partial charge in [-0.2, -0.15) is 4.31 Å². The van der Waals surface area contributed by atoms with Crippen molar-refractivity contribution >= 4 is 15.9 Å². The fourth-order valence-corrected chi connectivity index (χ4v) is 3.90. The Bertz CT molecular complexity index is 817. The summed E-state index contributed by atoms with van der Waals surface area (Å²) in [5.74, 6) is -0.277. The highest BCUT2D eigenvalue weighted by Gasteiger charge is 2.26. The van der Waals surface area contributed by atoms with Gasteiger partial charge in [-0.05, 0) is 36.4 Å². The molecule has 2 aromatic rings. The number of carbonyl (C=O) groups excluding carboxylic acids is 1. The Morgan fingerprint density at radius 1 is 1.12 bits per heavy atom. The van der Waals surface area contributed by atoms with Crippen molar-refractivity contribution in [1.82, 2.24) is 14.6 Å². The lowest BCUT2D eigenvalue weighted by Gasteiger charge is -2.26. The SMILES string of the molecule is O=C(NCc1ccccn1)c1ccc(S(=O)(=O)N2CCOCC2)cc1. The van der Waals surface area contributed by atoms with Gasteiger partial charge in [0.2, 0.25) is 10.0 Å². The maximum Gasteiger partial charge on any atom is 0.251 e. The van der Waals surface area contributed by atoms with Crippen molar-refractivity contribution in [2.45, 2.75) is 11.4 Å². The lowest BCUT2D eigenvalue weighted by molar-refractivity contribution is 0.0730. The van der Waals surface area contributed by atoms with E-state index in [0.717, 1.165) is 5.69 Å². The van der Waals surface area contributed by atoms with Crippen LogP contribution in [0.1, 0.15) is 16.1 Å². The van der Waals surface area contributed by atoms with Gasteiger partial charge in [-0.1, -0.05) is 6.07 Å². The van der Waals surface area contributed by atoms with E-state index in [9.17, 15) is 13.2 Å². The van der Waals surface area contributed by atoms with E-state index in [0.29, 0.717) is 38.4 Å². The van der Waals surface area contributed by atoms with Crippen molar-refractivity contribution in [1.29, 1.82) is 0 Å². The van der Waals surface area contributed by atoms with Gasteiger partial charge in [0.1, 0.15) is 0 Å². The number of amides is 1. The minimum atomic E-state index is -3.55. The van der Waals surface area contributed by atoms with Crippen molar-refractivity contribution in [2.75, 3.05) is 26.3 Å². The molecule has 0 unspecified atom stereocenters. The minimum Gasteiger partial charge on any atom is -0.379 e. The molecule has 132 valence electrons. The van der Waals surface area contributed by atoms with Crippen molar-refractivity contribution < 1.29 is 17.9 Å². The van der Waals surface area contributed by atoms with Gasteiger partial charge < -0.3 is 10.1 Å². The highest BCUT2D eigenvalue weighted by molar-refractivity contribution is 7.89. The average Bonchev–Trinajstić information content (AvgIpc) is 2.68. The molecule has 2 heterocycles. The Morgan fingerprint density at radius 2 is 1.84 bits per heavy atom. The molecule has 3 rings (SSSR count). The van der Waals surface area contributed by atoms with Crippen LogP contribution in [0.4, 0.5) is 0 Å². The van der Waals surface area contributed by atoms with Crippen LogP contribution in [-0.4, -0.2) is 49.9 Å². The maximum absolute atomic E-state index is 12.5. The van der Waals surface area contributed by atoms with Crippen LogP contribution in [-0.2, 0) is 21.3 Å². The summed E-state index contributed by atoms with van der Waals surface area (Å²) in [7, 11) is -3.55. The van der Waals surface area contributed by atoms with Crippen LogP contribution in [0.5, 0.6) is 0 Å². The molecule has 1 amide bonds. The van der Waals surface area contributed by atoms with Gasteiger partial charge in [-0.25, -0.2) is 8.42 Å². The first-order valence-corrected chi connectivity index (χ1v) is 9.37. The summed E-state index contributed by atoms with van der Waals surface area (Å²) in [6.45, 7) is 1.79. The highest BCUT2D eigenvalue weighted by Crippen LogP contribution is 2.17. The Labute approximate surface area is 146 Å². The summed E-state index contributed by atoms with van der Waals surface area (Å²) < 4.78 is 31.7. The van der Waals surface area contributed by atoms with Crippen LogP contribution < -0.4 is 5.32 Å². The quantitative estimate of drug-likeness (QED) is 0.859. The third-order valence-electron chi connectivity index (χ3n) is 3.88. The van der Waals surface area contributed by atoms with Gasteiger partial charge in [0.05, 0.1) is 30.3 Å². The topological polar surface area (TPSA) is 88.6 Å². The zero-order valence-corrected chi connectivity index (χ0v) is 14.4. The predicted molar refractivity (Wildman–Crippen MR) is 91.4 cm³/mol. The number of hydrogen-bond donors (Lipinski definition) is 1. The van der Waals surface area contributed by atoms with Crippen molar-refractivity contribution in [3.05, 3.63) is 59.9 Å². The van der Waals surface area contributed by atoms with E-state index in [1.807, 2.05) is 12.1 Å². The predicted octanol–water partition coefficient (Wildman–Crippen LogP) is 1.03. The van der Waals surface area contributed by atoms with E-state index in [1.165, 1.54) is 28.6 Å². The molecule has 8 heteroatoms. The number of ether oxygens (including phenoxy) is 1. The monoisotopic (exact) mass is 361 g/mol. The first-order valence-electron chi connectivity index (χ1n) is 7.93. The summed E-state index contributed by atoms with van der Waals surface area (Å²) in [5, 5.41) is 2.76. The molecule has 1 N–H and O–H groups in total. The van der Waals surface area contributed by atoms with Crippen LogP contribution in [0.15, 0.2) is 53.6 Å². The first kappa shape index (κ1) is 17.5.